The molecular formula is C3H7FNO5P. The largest absolute Gasteiger partial charge is 0.480 e. The van der Waals surface area contributed by atoms with Gasteiger partial charge in [-0.1, -0.05) is 0 Å². The fraction of sp³-hybridized carbons (Fsp3) is 0.667. The zero-order valence-electron chi connectivity index (χ0n) is 5.34. The average Bonchev–Trinajstić information content (AvgIpc) is 1.53. The van der Waals surface area contributed by atoms with E-state index >= 15 is 0 Å². The number of rotatable bonds is 4. The summed E-state index contributed by atoms with van der Waals surface area (Å²) in [5.41, 5.74) is 0. The number of aliphatic carboxylic acids is 1. The van der Waals surface area contributed by atoms with Crippen molar-refractivity contribution < 1.29 is 28.7 Å². The fourth-order valence-electron chi connectivity index (χ4n) is 0.397. The first-order chi connectivity index (χ1) is 4.81. The van der Waals surface area contributed by atoms with E-state index in [9.17, 15) is 13.8 Å². The Morgan fingerprint density at radius 1 is 1.55 bits per heavy atom. The third-order valence-electron chi connectivity index (χ3n) is 0.645. The molecule has 0 aromatic carbocycles. The van der Waals surface area contributed by atoms with Gasteiger partial charge in [0.15, 0.2) is 0 Å². The predicted octanol–water partition coefficient (Wildman–Crippen LogP) is -0.607. The smallest absolute Gasteiger partial charge is 0.342 e. The number of carbonyl (C=O) groups is 1. The first-order valence-corrected chi connectivity index (χ1v) is 4.28. The van der Waals surface area contributed by atoms with Gasteiger partial charge < -0.3 is 14.9 Å². The highest BCUT2D eigenvalue weighted by Crippen LogP contribution is 2.34. The summed E-state index contributed by atoms with van der Waals surface area (Å²) in [7, 11) is -4.49. The van der Waals surface area contributed by atoms with Gasteiger partial charge in [-0.3, -0.25) is 9.36 Å². The Morgan fingerprint density at radius 3 is 2.27 bits per heavy atom. The van der Waals surface area contributed by atoms with Crippen LogP contribution in [0, 0.1) is 0 Å². The molecule has 11 heavy (non-hydrogen) atoms. The van der Waals surface area contributed by atoms with Crippen molar-refractivity contribution in [2.75, 3.05) is 12.8 Å². The molecule has 0 fully saturated rings. The van der Waals surface area contributed by atoms with Gasteiger partial charge in [0.2, 0.25) is 0 Å². The highest BCUT2D eigenvalue weighted by molar-refractivity contribution is 7.51. The second-order valence-electron chi connectivity index (χ2n) is 1.82. The standard InChI is InChI=1S/C3H7FNO5P/c4-5(1-3(6)7)2-11(8,9)10/h1-2H2,(H,6,7)(H2,8,9,10). The summed E-state index contributed by atoms with van der Waals surface area (Å²) in [5.74, 6) is -1.49. The highest BCUT2D eigenvalue weighted by Gasteiger charge is 2.20. The molecule has 0 unspecified atom stereocenters. The van der Waals surface area contributed by atoms with Gasteiger partial charge in [0.25, 0.3) is 0 Å². The van der Waals surface area contributed by atoms with E-state index in [4.69, 9.17) is 14.9 Å². The van der Waals surface area contributed by atoms with Gasteiger partial charge in [-0.15, -0.1) is 9.60 Å². The normalized spacial score (nSPS) is 12.0. The van der Waals surface area contributed by atoms with Crippen molar-refractivity contribution in [2.45, 2.75) is 0 Å². The Morgan fingerprint density at radius 2 is 2.00 bits per heavy atom. The van der Waals surface area contributed by atoms with Gasteiger partial charge >= 0.3 is 13.6 Å². The molecule has 0 saturated heterocycles. The van der Waals surface area contributed by atoms with E-state index < -0.39 is 31.5 Å². The van der Waals surface area contributed by atoms with Gasteiger partial charge in [-0.05, 0) is 0 Å². The molecule has 3 N–H and O–H groups in total. The summed E-state index contributed by atoms with van der Waals surface area (Å²) in [5, 5.41) is 7.49. The van der Waals surface area contributed by atoms with Crippen molar-refractivity contribution in [3.05, 3.63) is 0 Å². The molecule has 0 aliphatic heterocycles. The molecule has 8 heteroatoms. The number of halogens is 1. The van der Waals surface area contributed by atoms with Crippen LogP contribution in [0.1, 0.15) is 0 Å². The predicted molar refractivity (Wildman–Crippen MR) is 32.4 cm³/mol. The molecule has 0 bridgehead atoms. The number of hydrogen-bond acceptors (Lipinski definition) is 3. The Hall–Kier alpha value is -0.490. The molecule has 66 valence electrons. The van der Waals surface area contributed by atoms with Crippen LogP contribution in [-0.2, 0) is 9.36 Å². The van der Waals surface area contributed by atoms with Crippen molar-refractivity contribution in [3.8, 4) is 0 Å². The highest BCUT2D eigenvalue weighted by atomic mass is 31.2. The van der Waals surface area contributed by atoms with E-state index in [1.807, 2.05) is 0 Å². The van der Waals surface area contributed by atoms with Crippen LogP contribution in [0.3, 0.4) is 0 Å². The van der Waals surface area contributed by atoms with E-state index in [0.717, 1.165) is 0 Å². The second-order valence-corrected chi connectivity index (χ2v) is 3.43. The van der Waals surface area contributed by atoms with Crippen molar-refractivity contribution in [1.82, 2.24) is 5.12 Å². The maximum Gasteiger partial charge on any atom is 0.342 e. The molecule has 0 radical (unpaired) electrons. The second kappa shape index (κ2) is 3.77. The van der Waals surface area contributed by atoms with E-state index in [-0.39, 0.29) is 0 Å². The Balaban J connectivity index is 3.79. The molecule has 0 atom stereocenters. The van der Waals surface area contributed by atoms with Crippen LogP contribution < -0.4 is 0 Å². The molecule has 0 spiro atoms. The molecule has 0 aliphatic rings. The van der Waals surface area contributed by atoms with Crippen LogP contribution in [0.4, 0.5) is 4.48 Å². The molecule has 0 aliphatic carbocycles. The molecule has 6 nitrogen and oxygen atoms in total. The lowest BCUT2D eigenvalue weighted by Gasteiger charge is -2.09. The van der Waals surface area contributed by atoms with Crippen molar-refractivity contribution in [3.63, 3.8) is 0 Å². The van der Waals surface area contributed by atoms with Crippen molar-refractivity contribution >= 4 is 13.6 Å². The van der Waals surface area contributed by atoms with E-state index in [1.54, 1.807) is 0 Å². The van der Waals surface area contributed by atoms with E-state index in [2.05, 4.69) is 0 Å². The molecule has 0 amide bonds. The van der Waals surface area contributed by atoms with Crippen LogP contribution in [0.2, 0.25) is 0 Å². The zero-order chi connectivity index (χ0) is 9.07. The van der Waals surface area contributed by atoms with Gasteiger partial charge in [0.05, 0.1) is 0 Å². The molecule has 0 saturated carbocycles. The number of hydrogen-bond donors (Lipinski definition) is 3. The van der Waals surface area contributed by atoms with Crippen LogP contribution in [0.25, 0.3) is 0 Å². The summed E-state index contributed by atoms with van der Waals surface area (Å²) in [6.45, 7) is -1.04. The Kier molecular flexibility index (Phi) is 3.61. The van der Waals surface area contributed by atoms with Gasteiger partial charge in [0.1, 0.15) is 12.8 Å². The lowest BCUT2D eigenvalue weighted by molar-refractivity contribution is -0.142. The van der Waals surface area contributed by atoms with Crippen LogP contribution in [0.5, 0.6) is 0 Å². The maximum atomic E-state index is 12.1. The average molecular weight is 187 g/mol. The maximum absolute atomic E-state index is 12.1. The van der Waals surface area contributed by atoms with Gasteiger partial charge in [-0.2, -0.15) is 0 Å². The zero-order valence-corrected chi connectivity index (χ0v) is 6.24. The van der Waals surface area contributed by atoms with E-state index in [1.165, 1.54) is 0 Å². The monoisotopic (exact) mass is 187 g/mol. The first-order valence-electron chi connectivity index (χ1n) is 2.48. The fourth-order valence-corrected chi connectivity index (χ4v) is 0.896. The topological polar surface area (TPSA) is 98.1 Å². The quantitative estimate of drug-likeness (QED) is 0.401. The lowest BCUT2D eigenvalue weighted by Crippen LogP contribution is -2.22. The Labute approximate surface area is 61.3 Å². The minimum Gasteiger partial charge on any atom is -0.480 e. The minimum atomic E-state index is -4.49. The Bertz CT molecular complexity index is 190. The van der Waals surface area contributed by atoms with Gasteiger partial charge in [-0.25, -0.2) is 0 Å². The van der Waals surface area contributed by atoms with Crippen molar-refractivity contribution in [1.29, 1.82) is 0 Å². The molecule has 0 rings (SSSR count). The summed E-state index contributed by atoms with van der Waals surface area (Å²) in [6, 6.07) is 0. The molecular weight excluding hydrogens is 180 g/mol. The summed E-state index contributed by atoms with van der Waals surface area (Å²) in [4.78, 5) is 26.0. The minimum absolute atomic E-state index is 0.455. The third-order valence-corrected chi connectivity index (χ3v) is 1.32. The van der Waals surface area contributed by atoms with Crippen LogP contribution >= 0.6 is 7.60 Å². The third kappa shape index (κ3) is 7.41. The number of carboxylic acid groups (broad SMARTS) is 1. The SMILES string of the molecule is O=C(O)CN(F)CP(=O)(O)O. The molecule has 0 aromatic heterocycles. The summed E-state index contributed by atoms with van der Waals surface area (Å²) < 4.78 is 22.2. The molecule has 0 aromatic rings. The van der Waals surface area contributed by atoms with E-state index in [0.29, 0.717) is 0 Å². The van der Waals surface area contributed by atoms with Crippen LogP contribution in [-0.4, -0.2) is 38.8 Å². The lowest BCUT2D eigenvalue weighted by atomic mass is 10.7. The first kappa shape index (κ1) is 10.5. The van der Waals surface area contributed by atoms with Crippen molar-refractivity contribution in [2.24, 2.45) is 0 Å². The van der Waals surface area contributed by atoms with Gasteiger partial charge in [0, 0.05) is 0 Å². The molecule has 0 heterocycles. The summed E-state index contributed by atoms with van der Waals surface area (Å²) in [6.07, 6.45) is -1.20. The van der Waals surface area contributed by atoms with Crippen LogP contribution in [0.15, 0.2) is 0 Å². The summed E-state index contributed by atoms with van der Waals surface area (Å²) >= 11 is 0. The number of nitrogens with zero attached hydrogens (tertiary/aromatic N) is 1. The number of carboxylic acids is 1.